The van der Waals surface area contributed by atoms with Crippen molar-refractivity contribution in [3.63, 3.8) is 0 Å². The molecule has 2 aromatic rings. The fourth-order valence-electron chi connectivity index (χ4n) is 1.90. The second kappa shape index (κ2) is 4.53. The van der Waals surface area contributed by atoms with Crippen LogP contribution in [0.2, 0.25) is 0 Å². The third kappa shape index (κ3) is 2.44. The van der Waals surface area contributed by atoms with E-state index >= 15 is 0 Å². The molecule has 0 aliphatic heterocycles. The first-order valence-corrected chi connectivity index (χ1v) is 5.57. The molecule has 1 heterocycles. The van der Waals surface area contributed by atoms with E-state index in [2.05, 4.69) is 16.0 Å². The molecule has 0 aliphatic carbocycles. The van der Waals surface area contributed by atoms with Crippen LogP contribution in [0.1, 0.15) is 17.1 Å². The van der Waals surface area contributed by atoms with E-state index in [4.69, 9.17) is 4.74 Å². The summed E-state index contributed by atoms with van der Waals surface area (Å²) < 4.78 is 5.25. The molecule has 0 unspecified atom stereocenters. The minimum Gasteiger partial charge on any atom is -0.496 e. The normalized spacial score (nSPS) is 10.4. The third-order valence-electron chi connectivity index (χ3n) is 2.66. The summed E-state index contributed by atoms with van der Waals surface area (Å²) in [7, 11) is 1.68. The van der Waals surface area contributed by atoms with Gasteiger partial charge >= 0.3 is 0 Å². The van der Waals surface area contributed by atoms with E-state index in [0.717, 1.165) is 34.1 Å². The molecule has 0 bridgehead atoms. The van der Waals surface area contributed by atoms with E-state index in [-0.39, 0.29) is 0 Å². The summed E-state index contributed by atoms with van der Waals surface area (Å²) in [5.41, 5.74) is 4.15. The molecule has 0 spiro atoms. The van der Waals surface area contributed by atoms with Gasteiger partial charge in [-0.2, -0.15) is 0 Å². The van der Waals surface area contributed by atoms with Crippen molar-refractivity contribution in [2.45, 2.75) is 20.8 Å². The summed E-state index contributed by atoms with van der Waals surface area (Å²) in [6, 6.07) is 8.07. The molecule has 1 aromatic heterocycles. The number of hydrogen-bond donors (Lipinski definition) is 0. The Bertz CT molecular complexity index is 530. The largest absolute Gasteiger partial charge is 0.496 e. The Morgan fingerprint density at radius 1 is 1.00 bits per heavy atom. The number of aryl methyl sites for hydroxylation is 3. The maximum Gasteiger partial charge on any atom is 0.126 e. The highest BCUT2D eigenvalue weighted by Crippen LogP contribution is 2.25. The van der Waals surface area contributed by atoms with Crippen LogP contribution in [-0.4, -0.2) is 17.1 Å². The Labute approximate surface area is 102 Å². The molecule has 3 nitrogen and oxygen atoms in total. The van der Waals surface area contributed by atoms with Crippen molar-refractivity contribution in [1.29, 1.82) is 0 Å². The van der Waals surface area contributed by atoms with Gasteiger partial charge in [0.2, 0.25) is 0 Å². The maximum atomic E-state index is 5.25. The Morgan fingerprint density at radius 2 is 1.76 bits per heavy atom. The van der Waals surface area contributed by atoms with Gasteiger partial charge in [0.15, 0.2) is 0 Å². The van der Waals surface area contributed by atoms with Crippen molar-refractivity contribution in [3.8, 4) is 17.0 Å². The summed E-state index contributed by atoms with van der Waals surface area (Å²) in [4.78, 5) is 8.73. The van der Waals surface area contributed by atoms with Crippen LogP contribution in [0, 0.1) is 20.8 Å². The molecule has 1 aromatic carbocycles. The van der Waals surface area contributed by atoms with Gasteiger partial charge in [-0.25, -0.2) is 9.97 Å². The van der Waals surface area contributed by atoms with Gasteiger partial charge in [-0.1, -0.05) is 0 Å². The van der Waals surface area contributed by atoms with Crippen LogP contribution in [-0.2, 0) is 0 Å². The van der Waals surface area contributed by atoms with Gasteiger partial charge in [-0.05, 0) is 50.6 Å². The van der Waals surface area contributed by atoms with Gasteiger partial charge in [0.1, 0.15) is 11.6 Å². The van der Waals surface area contributed by atoms with Gasteiger partial charge in [-0.15, -0.1) is 0 Å². The van der Waals surface area contributed by atoms with Crippen molar-refractivity contribution >= 4 is 0 Å². The number of aromatic nitrogens is 2. The van der Waals surface area contributed by atoms with Gasteiger partial charge in [0, 0.05) is 11.3 Å². The lowest BCUT2D eigenvalue weighted by atomic mass is 10.1. The van der Waals surface area contributed by atoms with E-state index in [1.807, 2.05) is 39.0 Å². The van der Waals surface area contributed by atoms with Crippen LogP contribution in [0.3, 0.4) is 0 Å². The van der Waals surface area contributed by atoms with E-state index in [1.165, 1.54) is 0 Å². The second-order valence-electron chi connectivity index (χ2n) is 4.13. The highest BCUT2D eigenvalue weighted by Gasteiger charge is 2.05. The quantitative estimate of drug-likeness (QED) is 0.792. The number of nitrogens with zero attached hydrogens (tertiary/aromatic N) is 2. The SMILES string of the molecule is COc1ccc(-c2cc(C)nc(C)n2)cc1C. The van der Waals surface area contributed by atoms with Gasteiger partial charge in [0.25, 0.3) is 0 Å². The lowest BCUT2D eigenvalue weighted by molar-refractivity contribution is 0.412. The highest BCUT2D eigenvalue weighted by atomic mass is 16.5. The maximum absolute atomic E-state index is 5.25. The summed E-state index contributed by atoms with van der Waals surface area (Å²) >= 11 is 0. The summed E-state index contributed by atoms with van der Waals surface area (Å²) in [5, 5.41) is 0. The van der Waals surface area contributed by atoms with Crippen molar-refractivity contribution in [3.05, 3.63) is 41.3 Å². The molecule has 0 aliphatic rings. The minimum absolute atomic E-state index is 0.800. The number of rotatable bonds is 2. The zero-order valence-electron chi connectivity index (χ0n) is 10.6. The Hall–Kier alpha value is -1.90. The van der Waals surface area contributed by atoms with Gasteiger partial charge < -0.3 is 4.74 Å². The van der Waals surface area contributed by atoms with Gasteiger partial charge in [0.05, 0.1) is 12.8 Å². The monoisotopic (exact) mass is 228 g/mol. The van der Waals surface area contributed by atoms with E-state index < -0.39 is 0 Å². The number of hydrogen-bond acceptors (Lipinski definition) is 3. The molecule has 17 heavy (non-hydrogen) atoms. The van der Waals surface area contributed by atoms with Crippen molar-refractivity contribution in [1.82, 2.24) is 9.97 Å². The number of benzene rings is 1. The van der Waals surface area contributed by atoms with Crippen molar-refractivity contribution < 1.29 is 4.74 Å². The van der Waals surface area contributed by atoms with Gasteiger partial charge in [-0.3, -0.25) is 0 Å². The molecule has 0 fully saturated rings. The van der Waals surface area contributed by atoms with Crippen LogP contribution in [0.4, 0.5) is 0 Å². The van der Waals surface area contributed by atoms with E-state index in [1.54, 1.807) is 7.11 Å². The van der Waals surface area contributed by atoms with Crippen LogP contribution in [0.25, 0.3) is 11.3 Å². The lowest BCUT2D eigenvalue weighted by Crippen LogP contribution is -1.94. The van der Waals surface area contributed by atoms with Crippen LogP contribution < -0.4 is 4.74 Å². The third-order valence-corrected chi connectivity index (χ3v) is 2.66. The minimum atomic E-state index is 0.800. The Balaban J connectivity index is 2.49. The van der Waals surface area contributed by atoms with Crippen LogP contribution in [0.5, 0.6) is 5.75 Å². The molecule has 0 amide bonds. The van der Waals surface area contributed by atoms with E-state index in [9.17, 15) is 0 Å². The molecule has 0 saturated heterocycles. The average molecular weight is 228 g/mol. The zero-order chi connectivity index (χ0) is 12.4. The predicted molar refractivity (Wildman–Crippen MR) is 68.2 cm³/mol. The first kappa shape index (κ1) is 11.6. The van der Waals surface area contributed by atoms with Crippen molar-refractivity contribution in [2.75, 3.05) is 7.11 Å². The van der Waals surface area contributed by atoms with Crippen molar-refractivity contribution in [2.24, 2.45) is 0 Å². The topological polar surface area (TPSA) is 35.0 Å². The molecule has 0 atom stereocenters. The zero-order valence-corrected chi connectivity index (χ0v) is 10.6. The fourth-order valence-corrected chi connectivity index (χ4v) is 1.90. The summed E-state index contributed by atoms with van der Waals surface area (Å²) in [5.74, 6) is 1.70. The Morgan fingerprint density at radius 3 is 2.35 bits per heavy atom. The molecule has 3 heteroatoms. The molecule has 0 radical (unpaired) electrons. The second-order valence-corrected chi connectivity index (χ2v) is 4.13. The highest BCUT2D eigenvalue weighted by molar-refractivity contribution is 5.62. The van der Waals surface area contributed by atoms with Crippen LogP contribution >= 0.6 is 0 Å². The lowest BCUT2D eigenvalue weighted by Gasteiger charge is -2.08. The first-order valence-electron chi connectivity index (χ1n) is 5.57. The standard InChI is InChI=1S/C14H16N2O/c1-9-7-12(5-6-14(9)17-4)13-8-10(2)15-11(3)16-13/h5-8H,1-4H3. The molecule has 0 saturated carbocycles. The molecule has 0 N–H and O–H groups in total. The predicted octanol–water partition coefficient (Wildman–Crippen LogP) is 3.08. The molecule has 88 valence electrons. The molecular weight excluding hydrogens is 212 g/mol. The fraction of sp³-hybridized carbons (Fsp3) is 0.286. The average Bonchev–Trinajstić information content (AvgIpc) is 2.27. The molecule has 2 rings (SSSR count). The summed E-state index contributed by atoms with van der Waals surface area (Å²) in [6.45, 7) is 5.92. The Kier molecular flexibility index (Phi) is 3.09. The number of methoxy groups -OCH3 is 1. The number of ether oxygens (including phenoxy) is 1. The molecular formula is C14H16N2O. The van der Waals surface area contributed by atoms with Crippen LogP contribution in [0.15, 0.2) is 24.3 Å². The summed E-state index contributed by atoms with van der Waals surface area (Å²) in [6.07, 6.45) is 0. The van der Waals surface area contributed by atoms with E-state index in [0.29, 0.717) is 0 Å². The first-order chi connectivity index (χ1) is 8.10. The smallest absolute Gasteiger partial charge is 0.126 e.